The molecule has 5 amide bonds. The Morgan fingerprint density at radius 1 is 0.955 bits per heavy atom. The predicted molar refractivity (Wildman–Crippen MR) is 160 cm³/mol. The maximum absolute atomic E-state index is 14.0. The van der Waals surface area contributed by atoms with Crippen LogP contribution in [0.15, 0.2) is 0 Å². The topological polar surface area (TPSA) is 186 Å². The predicted octanol–water partition coefficient (Wildman–Crippen LogP) is -0.741. The molecule has 2 saturated heterocycles. The van der Waals surface area contributed by atoms with Gasteiger partial charge in [0.1, 0.15) is 24.2 Å². The lowest BCUT2D eigenvalue weighted by Crippen LogP contribution is -2.61. The van der Waals surface area contributed by atoms with E-state index in [2.05, 4.69) is 10.6 Å². The van der Waals surface area contributed by atoms with Crippen molar-refractivity contribution in [3.8, 4) is 0 Å². The van der Waals surface area contributed by atoms with Crippen molar-refractivity contribution >= 4 is 35.5 Å². The minimum absolute atomic E-state index is 0.151. The fraction of sp³-hybridized carbons (Fsp3) is 0.800. The van der Waals surface area contributed by atoms with Gasteiger partial charge >= 0.3 is 5.97 Å². The van der Waals surface area contributed by atoms with Crippen LogP contribution in [0.1, 0.15) is 67.2 Å². The second-order valence-corrected chi connectivity index (χ2v) is 12.5. The first kappa shape index (κ1) is 36.9. The Hall–Kier alpha value is -3.26. The van der Waals surface area contributed by atoms with Crippen molar-refractivity contribution in [1.29, 1.82) is 0 Å². The molecule has 44 heavy (non-hydrogen) atoms. The molecule has 0 aliphatic carbocycles. The van der Waals surface area contributed by atoms with Gasteiger partial charge in [0.05, 0.1) is 19.1 Å². The molecule has 0 radical (unpaired) electrons. The lowest BCUT2D eigenvalue weighted by atomic mass is 9.94. The van der Waals surface area contributed by atoms with E-state index in [-0.39, 0.29) is 37.3 Å². The summed E-state index contributed by atoms with van der Waals surface area (Å²) in [4.78, 5) is 84.7. The Kier molecular flexibility index (Phi) is 13.6. The SMILES string of the molecule is CC[C@@H](C)[C@@H]1NC(=O)[C@H]2[C@@H](C)CCN2C(=O)[C@@H](C[C@H](O)CO)OC(=O)CCNC(=O)[C@@H](C)N(C)C(=O)[C@@H](C(C)C)N(C)C1=O. The Balaban J connectivity index is 2.59. The quantitative estimate of drug-likeness (QED) is 0.276. The first-order chi connectivity index (χ1) is 20.6. The van der Waals surface area contributed by atoms with Crippen molar-refractivity contribution in [3.63, 3.8) is 0 Å². The molecule has 0 saturated carbocycles. The van der Waals surface area contributed by atoms with Crippen molar-refractivity contribution < 1.29 is 43.7 Å². The highest BCUT2D eigenvalue weighted by atomic mass is 16.5. The average molecular weight is 626 g/mol. The number of carbonyl (C=O) groups is 6. The highest BCUT2D eigenvalue weighted by Gasteiger charge is 2.45. The number of aliphatic hydroxyl groups is 2. The van der Waals surface area contributed by atoms with Crippen LogP contribution in [0.4, 0.5) is 0 Å². The molecule has 0 spiro atoms. The van der Waals surface area contributed by atoms with E-state index in [1.54, 1.807) is 20.8 Å². The Morgan fingerprint density at radius 3 is 2.16 bits per heavy atom. The summed E-state index contributed by atoms with van der Waals surface area (Å²) < 4.78 is 5.42. The van der Waals surface area contributed by atoms with E-state index in [0.29, 0.717) is 12.8 Å². The summed E-state index contributed by atoms with van der Waals surface area (Å²) in [6.07, 6.45) is -2.56. The van der Waals surface area contributed by atoms with Crippen molar-refractivity contribution in [2.45, 2.75) is 104 Å². The number of nitrogens with zero attached hydrogens (tertiary/aromatic N) is 3. The molecule has 14 heteroatoms. The monoisotopic (exact) mass is 625 g/mol. The number of rotatable bonds is 6. The number of esters is 1. The lowest BCUT2D eigenvalue weighted by Gasteiger charge is -2.38. The van der Waals surface area contributed by atoms with Crippen LogP contribution in [0, 0.1) is 17.8 Å². The number of likely N-dealkylation sites (N-methyl/N-ethyl adjacent to an activating group) is 2. The summed E-state index contributed by atoms with van der Waals surface area (Å²) in [6, 6.07) is -3.90. The number of hydrogen-bond donors (Lipinski definition) is 4. The molecular formula is C30H51N5O9. The molecule has 2 aliphatic rings. The third-order valence-electron chi connectivity index (χ3n) is 8.86. The number of amides is 5. The van der Waals surface area contributed by atoms with Gasteiger partial charge in [-0.3, -0.25) is 28.8 Å². The number of nitrogens with one attached hydrogen (secondary N) is 2. The van der Waals surface area contributed by atoms with Gasteiger partial charge in [-0.05, 0) is 31.1 Å². The van der Waals surface area contributed by atoms with Crippen LogP contribution in [-0.2, 0) is 33.5 Å². The van der Waals surface area contributed by atoms with Crippen LogP contribution in [0.25, 0.3) is 0 Å². The molecular weight excluding hydrogens is 574 g/mol. The van der Waals surface area contributed by atoms with E-state index in [1.165, 1.54) is 35.7 Å². The summed E-state index contributed by atoms with van der Waals surface area (Å²) in [7, 11) is 2.96. The number of ether oxygens (including phenoxy) is 1. The Labute approximate surface area is 259 Å². The van der Waals surface area contributed by atoms with Gasteiger partial charge in [0.2, 0.25) is 23.6 Å². The lowest BCUT2D eigenvalue weighted by molar-refractivity contribution is -0.164. The van der Waals surface area contributed by atoms with Crippen molar-refractivity contribution in [3.05, 3.63) is 0 Å². The van der Waals surface area contributed by atoms with Gasteiger partial charge < -0.3 is 40.3 Å². The van der Waals surface area contributed by atoms with Crippen LogP contribution in [0.5, 0.6) is 0 Å². The zero-order valence-corrected chi connectivity index (χ0v) is 27.2. The van der Waals surface area contributed by atoms with Gasteiger partial charge in [-0.1, -0.05) is 41.0 Å². The van der Waals surface area contributed by atoms with E-state index >= 15 is 0 Å². The Morgan fingerprint density at radius 2 is 1.59 bits per heavy atom. The maximum Gasteiger partial charge on any atom is 0.308 e. The third-order valence-corrected chi connectivity index (χ3v) is 8.86. The summed E-state index contributed by atoms with van der Waals surface area (Å²) in [5.41, 5.74) is 0. The summed E-state index contributed by atoms with van der Waals surface area (Å²) in [6.45, 7) is 9.93. The molecule has 2 aliphatic heterocycles. The van der Waals surface area contributed by atoms with Crippen molar-refractivity contribution in [1.82, 2.24) is 25.3 Å². The molecule has 14 nitrogen and oxygen atoms in total. The van der Waals surface area contributed by atoms with Crippen LogP contribution in [-0.4, -0.2) is 131 Å². The molecule has 0 bridgehead atoms. The average Bonchev–Trinajstić information content (AvgIpc) is 3.37. The first-order valence-corrected chi connectivity index (χ1v) is 15.5. The van der Waals surface area contributed by atoms with E-state index in [1.807, 2.05) is 13.8 Å². The minimum atomic E-state index is -1.49. The fourth-order valence-electron chi connectivity index (χ4n) is 5.70. The van der Waals surface area contributed by atoms with Crippen LogP contribution >= 0.6 is 0 Å². The fourth-order valence-corrected chi connectivity index (χ4v) is 5.70. The van der Waals surface area contributed by atoms with E-state index < -0.39 is 84.9 Å². The normalized spacial score (nSPS) is 30.2. The molecule has 8 atom stereocenters. The highest BCUT2D eigenvalue weighted by Crippen LogP contribution is 2.27. The van der Waals surface area contributed by atoms with E-state index in [0.717, 1.165) is 0 Å². The number of hydrogen-bond acceptors (Lipinski definition) is 9. The number of fused-ring (bicyclic) bond motifs is 1. The second kappa shape index (κ2) is 16.2. The molecule has 2 heterocycles. The molecule has 2 fully saturated rings. The van der Waals surface area contributed by atoms with E-state index in [9.17, 15) is 39.0 Å². The molecule has 0 unspecified atom stereocenters. The van der Waals surface area contributed by atoms with Crippen molar-refractivity contribution in [2.75, 3.05) is 33.8 Å². The molecule has 2 rings (SSSR count). The van der Waals surface area contributed by atoms with Gasteiger partial charge in [-0.25, -0.2) is 0 Å². The zero-order valence-electron chi connectivity index (χ0n) is 27.2. The standard InChI is InChI=1S/C30H51N5O9/c1-9-17(4)23-29(42)34(8)24(16(2)3)30(43)33(7)19(6)26(39)31-12-10-22(38)44-21(14-20(37)15-36)28(41)35-13-11-18(5)25(35)27(40)32-23/h16-21,23-25,36-37H,9-15H2,1-8H3,(H,31,39)(H,32,40)/t17-,18+,19-,20+,21-,23+,24-,25-/m1/s1. The van der Waals surface area contributed by atoms with Crippen molar-refractivity contribution in [2.24, 2.45) is 17.8 Å². The van der Waals surface area contributed by atoms with Crippen LogP contribution in [0.3, 0.4) is 0 Å². The number of carbonyl (C=O) groups excluding carboxylic acids is 6. The zero-order chi connectivity index (χ0) is 33.5. The first-order valence-electron chi connectivity index (χ1n) is 15.5. The van der Waals surface area contributed by atoms with Gasteiger partial charge in [0, 0.05) is 33.6 Å². The van der Waals surface area contributed by atoms with E-state index in [4.69, 9.17) is 4.74 Å². The van der Waals surface area contributed by atoms with Gasteiger partial charge in [0.25, 0.3) is 5.91 Å². The van der Waals surface area contributed by atoms with Gasteiger partial charge in [-0.15, -0.1) is 0 Å². The molecule has 0 aromatic carbocycles. The van der Waals surface area contributed by atoms with Crippen LogP contribution < -0.4 is 10.6 Å². The number of cyclic esters (lactones) is 1. The smallest absolute Gasteiger partial charge is 0.308 e. The summed E-state index contributed by atoms with van der Waals surface area (Å²) >= 11 is 0. The van der Waals surface area contributed by atoms with Gasteiger partial charge in [-0.2, -0.15) is 0 Å². The largest absolute Gasteiger partial charge is 0.452 e. The minimum Gasteiger partial charge on any atom is -0.452 e. The molecule has 4 N–H and O–H groups in total. The molecule has 250 valence electrons. The molecule has 0 aromatic rings. The van der Waals surface area contributed by atoms with Gasteiger partial charge in [0.15, 0.2) is 6.10 Å². The maximum atomic E-state index is 14.0. The van der Waals surface area contributed by atoms with Crippen LogP contribution in [0.2, 0.25) is 0 Å². The summed E-state index contributed by atoms with van der Waals surface area (Å²) in [5, 5.41) is 25.0. The molecule has 0 aromatic heterocycles. The Bertz CT molecular complexity index is 1070. The third kappa shape index (κ3) is 8.68. The highest BCUT2D eigenvalue weighted by molar-refractivity contribution is 5.96. The second-order valence-electron chi connectivity index (χ2n) is 12.5. The summed E-state index contributed by atoms with van der Waals surface area (Å²) in [5.74, 6) is -4.54. The number of aliphatic hydroxyl groups excluding tert-OH is 2.